The number of nitriles is 1. The van der Waals surface area contributed by atoms with Crippen LogP contribution in [0, 0.1) is 11.3 Å². The van der Waals surface area contributed by atoms with Crippen molar-refractivity contribution in [2.45, 2.75) is 57.6 Å². The summed E-state index contributed by atoms with van der Waals surface area (Å²) in [5, 5.41) is 22.4. The van der Waals surface area contributed by atoms with Crippen molar-refractivity contribution < 1.29 is 13.9 Å². The summed E-state index contributed by atoms with van der Waals surface area (Å²) in [6.45, 7) is 2.90. The van der Waals surface area contributed by atoms with E-state index in [1.165, 1.54) is 24.5 Å². The lowest BCUT2D eigenvalue weighted by Crippen LogP contribution is -2.28. The smallest absolute Gasteiger partial charge is 0.298 e. The fraction of sp³-hybridized carbons (Fsp3) is 0.391. The van der Waals surface area contributed by atoms with Crippen molar-refractivity contribution in [3.63, 3.8) is 0 Å². The number of nitrogens with one attached hydrogen (secondary N) is 1. The maximum atomic E-state index is 14.3. The van der Waals surface area contributed by atoms with Crippen LogP contribution >= 0.6 is 11.6 Å². The number of benzene rings is 1. The molecule has 2 atom stereocenters. The minimum Gasteiger partial charge on any atom is -0.387 e. The first-order valence-corrected chi connectivity index (χ1v) is 10.7. The Morgan fingerprint density at radius 3 is 2.72 bits per heavy atom. The van der Waals surface area contributed by atoms with E-state index < -0.39 is 12.0 Å². The normalized spacial score (nSPS) is 13.5. The van der Waals surface area contributed by atoms with Gasteiger partial charge in [0.25, 0.3) is 5.92 Å². The molecule has 1 aromatic carbocycles. The monoisotopic (exact) mass is 459 g/mol. The van der Waals surface area contributed by atoms with Crippen LogP contribution < -0.4 is 5.32 Å². The first-order valence-electron chi connectivity index (χ1n) is 10.3. The van der Waals surface area contributed by atoms with Gasteiger partial charge in [-0.15, -0.1) is 0 Å². The lowest BCUT2D eigenvalue weighted by molar-refractivity contribution is -0.106. The van der Waals surface area contributed by atoms with Crippen molar-refractivity contribution in [3.8, 4) is 6.07 Å². The number of pyridine rings is 1. The molecule has 0 aliphatic rings. The SMILES string of the molecule is C[C@H](O)C(F)(F)c1cccc([C@@H](C)Nc2ncnc3nc(Cl)c(CCCCC#N)cc23)c1. The summed E-state index contributed by atoms with van der Waals surface area (Å²) < 4.78 is 28.5. The number of aromatic nitrogens is 3. The van der Waals surface area contributed by atoms with Gasteiger partial charge in [-0.05, 0) is 56.4 Å². The van der Waals surface area contributed by atoms with Gasteiger partial charge >= 0.3 is 0 Å². The summed E-state index contributed by atoms with van der Waals surface area (Å²) in [4.78, 5) is 12.9. The molecule has 2 aromatic heterocycles. The third kappa shape index (κ3) is 5.29. The average molecular weight is 460 g/mol. The molecule has 3 rings (SSSR count). The average Bonchev–Trinajstić information content (AvgIpc) is 2.77. The second kappa shape index (κ2) is 10.2. The lowest BCUT2D eigenvalue weighted by Gasteiger charge is -2.22. The van der Waals surface area contributed by atoms with Crippen LogP contribution in [0.15, 0.2) is 36.7 Å². The number of anilines is 1. The van der Waals surface area contributed by atoms with E-state index in [4.69, 9.17) is 16.9 Å². The number of aliphatic hydroxyl groups excluding tert-OH is 1. The molecule has 2 heterocycles. The number of rotatable bonds is 9. The van der Waals surface area contributed by atoms with E-state index in [2.05, 4.69) is 26.3 Å². The zero-order valence-corrected chi connectivity index (χ0v) is 18.6. The number of alkyl halides is 2. The molecule has 0 aliphatic heterocycles. The second-order valence-corrected chi connectivity index (χ2v) is 8.05. The van der Waals surface area contributed by atoms with Crippen LogP contribution in [0.3, 0.4) is 0 Å². The van der Waals surface area contributed by atoms with Gasteiger partial charge in [-0.1, -0.05) is 29.8 Å². The van der Waals surface area contributed by atoms with Gasteiger partial charge in [0.15, 0.2) is 5.65 Å². The number of halogens is 3. The highest BCUT2D eigenvalue weighted by Gasteiger charge is 2.37. The highest BCUT2D eigenvalue weighted by Crippen LogP contribution is 2.34. The molecule has 0 aliphatic carbocycles. The second-order valence-electron chi connectivity index (χ2n) is 7.69. The number of aliphatic hydroxyl groups is 1. The number of hydrogen-bond donors (Lipinski definition) is 2. The van der Waals surface area contributed by atoms with Gasteiger partial charge in [-0.2, -0.15) is 14.0 Å². The Hall–Kier alpha value is -2.89. The largest absolute Gasteiger partial charge is 0.387 e. The molecule has 2 N–H and O–H groups in total. The molecule has 6 nitrogen and oxygen atoms in total. The summed E-state index contributed by atoms with van der Waals surface area (Å²) in [7, 11) is 0. The summed E-state index contributed by atoms with van der Waals surface area (Å²) in [5.74, 6) is -2.84. The Morgan fingerprint density at radius 2 is 2.00 bits per heavy atom. The Kier molecular flexibility index (Phi) is 7.54. The third-order valence-corrected chi connectivity index (χ3v) is 5.61. The van der Waals surface area contributed by atoms with Crippen LogP contribution in [-0.4, -0.2) is 26.2 Å². The fourth-order valence-electron chi connectivity index (χ4n) is 3.36. The topological polar surface area (TPSA) is 94.7 Å². The van der Waals surface area contributed by atoms with Crippen LogP contribution in [0.1, 0.15) is 55.8 Å². The van der Waals surface area contributed by atoms with Gasteiger partial charge in [-0.3, -0.25) is 0 Å². The predicted octanol–water partition coefficient (Wildman–Crippen LogP) is 5.56. The Morgan fingerprint density at radius 1 is 1.22 bits per heavy atom. The van der Waals surface area contributed by atoms with E-state index in [9.17, 15) is 13.9 Å². The van der Waals surface area contributed by atoms with Gasteiger partial charge < -0.3 is 10.4 Å². The molecular formula is C23H24ClF2N5O. The Bertz CT molecular complexity index is 1130. The lowest BCUT2D eigenvalue weighted by atomic mass is 9.99. The van der Waals surface area contributed by atoms with Crippen molar-refractivity contribution >= 4 is 28.5 Å². The number of unbranched alkanes of at least 4 members (excludes halogenated alkanes) is 2. The number of fused-ring (bicyclic) bond motifs is 1. The molecule has 0 saturated heterocycles. The molecule has 32 heavy (non-hydrogen) atoms. The maximum Gasteiger partial charge on any atom is 0.298 e. The molecule has 0 saturated carbocycles. The molecular weight excluding hydrogens is 436 g/mol. The van der Waals surface area contributed by atoms with Crippen molar-refractivity contribution in [1.82, 2.24) is 15.0 Å². The van der Waals surface area contributed by atoms with Crippen LogP contribution in [0.5, 0.6) is 0 Å². The molecule has 0 spiro atoms. The van der Waals surface area contributed by atoms with Gasteiger partial charge in [0.05, 0.1) is 11.5 Å². The van der Waals surface area contributed by atoms with Gasteiger partial charge in [-0.25, -0.2) is 15.0 Å². The molecule has 3 aromatic rings. The summed E-state index contributed by atoms with van der Waals surface area (Å²) in [6.07, 6.45) is 2.30. The molecule has 0 unspecified atom stereocenters. The van der Waals surface area contributed by atoms with E-state index in [1.54, 1.807) is 6.07 Å². The standard InChI is InChI=1S/C23H24ClF2N5O/c1-14(16-8-6-9-18(11-16)23(25,26)15(2)32)30-21-19-12-17(7-4-3-5-10-27)20(24)31-22(19)29-13-28-21/h6,8-9,11-15,32H,3-5,7H2,1-2H3,(H,28,29,30,31)/t14-,15+/m1/s1. The van der Waals surface area contributed by atoms with Crippen molar-refractivity contribution in [1.29, 1.82) is 5.26 Å². The number of aryl methyl sites for hydroxylation is 1. The number of hydrogen-bond acceptors (Lipinski definition) is 6. The molecule has 168 valence electrons. The summed E-state index contributed by atoms with van der Waals surface area (Å²) in [5.41, 5.74) is 1.63. The van der Waals surface area contributed by atoms with Crippen LogP contribution in [-0.2, 0) is 12.3 Å². The highest BCUT2D eigenvalue weighted by molar-refractivity contribution is 6.30. The van der Waals surface area contributed by atoms with Crippen LogP contribution in [0.25, 0.3) is 11.0 Å². The zero-order valence-electron chi connectivity index (χ0n) is 17.8. The fourth-order valence-corrected chi connectivity index (χ4v) is 3.59. The number of nitrogens with zero attached hydrogens (tertiary/aromatic N) is 4. The summed E-state index contributed by atoms with van der Waals surface area (Å²) >= 11 is 6.31. The first kappa shape index (κ1) is 23.8. The van der Waals surface area contributed by atoms with Crippen molar-refractivity contribution in [2.24, 2.45) is 0 Å². The molecule has 0 radical (unpaired) electrons. The Balaban J connectivity index is 1.88. The van der Waals surface area contributed by atoms with E-state index >= 15 is 0 Å². The third-order valence-electron chi connectivity index (χ3n) is 5.28. The van der Waals surface area contributed by atoms with Gasteiger partial charge in [0.1, 0.15) is 23.4 Å². The van der Waals surface area contributed by atoms with E-state index in [-0.39, 0.29) is 11.6 Å². The molecule has 9 heteroatoms. The van der Waals surface area contributed by atoms with E-state index in [0.717, 1.165) is 25.3 Å². The van der Waals surface area contributed by atoms with Crippen LogP contribution in [0.2, 0.25) is 5.15 Å². The van der Waals surface area contributed by atoms with Crippen molar-refractivity contribution in [3.05, 3.63) is 58.5 Å². The predicted molar refractivity (Wildman–Crippen MR) is 120 cm³/mol. The van der Waals surface area contributed by atoms with E-state index in [0.29, 0.717) is 40.4 Å². The molecule has 0 bridgehead atoms. The minimum absolute atomic E-state index is 0.251. The van der Waals surface area contributed by atoms with E-state index in [1.807, 2.05) is 13.0 Å². The van der Waals surface area contributed by atoms with Gasteiger partial charge in [0, 0.05) is 18.0 Å². The Labute approximate surface area is 190 Å². The first-order chi connectivity index (χ1) is 15.2. The quantitative estimate of drug-likeness (QED) is 0.321. The maximum absolute atomic E-state index is 14.3. The molecule has 0 amide bonds. The highest BCUT2D eigenvalue weighted by atomic mass is 35.5. The van der Waals surface area contributed by atoms with Gasteiger partial charge in [0.2, 0.25) is 0 Å². The van der Waals surface area contributed by atoms with Crippen molar-refractivity contribution in [2.75, 3.05) is 5.32 Å². The zero-order chi connectivity index (χ0) is 23.3. The summed E-state index contributed by atoms with van der Waals surface area (Å²) in [6, 6.07) is 9.60. The minimum atomic E-state index is -3.35. The van der Waals surface area contributed by atoms with Crippen LogP contribution in [0.4, 0.5) is 14.6 Å². The molecule has 0 fully saturated rings.